The number of benzene rings is 1. The molecule has 1 amide bonds. The van der Waals surface area contributed by atoms with E-state index in [4.69, 9.17) is 5.73 Å². The molecule has 6 nitrogen and oxygen atoms in total. The Hall–Kier alpha value is -1.44. The second kappa shape index (κ2) is 7.29. The summed E-state index contributed by atoms with van der Waals surface area (Å²) in [6, 6.07) is 5.51. The molecule has 0 radical (unpaired) electrons. The van der Waals surface area contributed by atoms with Crippen molar-refractivity contribution in [3.63, 3.8) is 0 Å². The average Bonchev–Trinajstić information content (AvgIpc) is 3.07. The third-order valence-electron chi connectivity index (χ3n) is 5.25. The van der Waals surface area contributed by atoms with E-state index in [9.17, 15) is 13.2 Å². The van der Waals surface area contributed by atoms with Gasteiger partial charge < -0.3 is 11.1 Å². The molecule has 144 valence electrons. The van der Waals surface area contributed by atoms with Crippen LogP contribution in [0.1, 0.15) is 44.2 Å². The highest BCUT2D eigenvalue weighted by Gasteiger charge is 2.32. The van der Waals surface area contributed by atoms with Gasteiger partial charge in [0, 0.05) is 31.1 Å². The van der Waals surface area contributed by atoms with Gasteiger partial charge in [0.05, 0.1) is 4.90 Å². The number of amides is 1. The topological polar surface area (TPSA) is 92.5 Å². The van der Waals surface area contributed by atoms with Gasteiger partial charge in [0.2, 0.25) is 15.9 Å². The molecule has 1 aliphatic carbocycles. The highest BCUT2D eigenvalue weighted by molar-refractivity contribution is 7.89. The van der Waals surface area contributed by atoms with Gasteiger partial charge in [-0.15, -0.1) is 0 Å². The average molecular weight is 380 g/mol. The van der Waals surface area contributed by atoms with Crippen LogP contribution in [0.5, 0.6) is 0 Å². The molecule has 0 atom stereocenters. The smallest absolute Gasteiger partial charge is 0.243 e. The maximum absolute atomic E-state index is 12.9. The van der Waals surface area contributed by atoms with E-state index in [0.717, 1.165) is 24.8 Å². The van der Waals surface area contributed by atoms with Crippen molar-refractivity contribution in [2.24, 2.45) is 11.7 Å². The second-order valence-corrected chi connectivity index (χ2v) is 10.1. The number of nitrogens with two attached hydrogens (primary N) is 1. The van der Waals surface area contributed by atoms with Gasteiger partial charge >= 0.3 is 0 Å². The second-order valence-electron chi connectivity index (χ2n) is 8.17. The van der Waals surface area contributed by atoms with Crippen LogP contribution in [0.4, 0.5) is 0 Å². The summed E-state index contributed by atoms with van der Waals surface area (Å²) in [6.07, 6.45) is 4.18. The monoisotopic (exact) mass is 379 g/mol. The molecule has 7 heteroatoms. The molecular weight excluding hydrogens is 350 g/mol. The minimum atomic E-state index is -3.49. The zero-order chi connectivity index (χ0) is 18.9. The summed E-state index contributed by atoms with van der Waals surface area (Å²) in [4.78, 5) is 12.6. The molecule has 2 aliphatic rings. The lowest BCUT2D eigenvalue weighted by Gasteiger charge is -2.31. The number of carbonyl (C=O) groups excluding carboxylic acids is 1. The summed E-state index contributed by atoms with van der Waals surface area (Å²) in [5.74, 6) is -0.179. The first-order chi connectivity index (χ1) is 12.2. The Morgan fingerprint density at radius 2 is 1.88 bits per heavy atom. The van der Waals surface area contributed by atoms with E-state index in [1.807, 2.05) is 26.0 Å². The van der Waals surface area contributed by atoms with Crippen LogP contribution >= 0.6 is 0 Å². The Balaban J connectivity index is 1.61. The van der Waals surface area contributed by atoms with E-state index in [2.05, 4.69) is 5.32 Å². The van der Waals surface area contributed by atoms with Crippen LogP contribution in [0.15, 0.2) is 23.1 Å². The van der Waals surface area contributed by atoms with Gasteiger partial charge in [-0.2, -0.15) is 4.31 Å². The first-order valence-electron chi connectivity index (χ1n) is 9.35. The number of piperidine rings is 1. The Bertz CT molecular complexity index is 776. The molecule has 26 heavy (non-hydrogen) atoms. The summed E-state index contributed by atoms with van der Waals surface area (Å²) in [5.41, 5.74) is 7.87. The fraction of sp³-hybridized carbons (Fsp3) is 0.632. The van der Waals surface area contributed by atoms with E-state index < -0.39 is 15.6 Å². The van der Waals surface area contributed by atoms with Crippen molar-refractivity contribution in [3.8, 4) is 0 Å². The Labute approximate surface area is 156 Å². The lowest BCUT2D eigenvalue weighted by molar-refractivity contribution is -0.126. The van der Waals surface area contributed by atoms with Crippen LogP contribution in [-0.4, -0.2) is 43.8 Å². The quantitative estimate of drug-likeness (QED) is 0.809. The molecule has 1 aromatic rings. The largest absolute Gasteiger partial charge is 0.354 e. The molecule has 3 rings (SSSR count). The first-order valence-corrected chi connectivity index (χ1v) is 10.8. The third kappa shape index (κ3) is 4.27. The lowest BCUT2D eigenvalue weighted by atomic mass is 9.96. The van der Waals surface area contributed by atoms with E-state index in [-0.39, 0.29) is 11.8 Å². The molecule has 0 saturated carbocycles. The number of carbonyl (C=O) groups is 1. The molecule has 1 fully saturated rings. The molecule has 3 N–H and O–H groups in total. The van der Waals surface area contributed by atoms with Crippen LogP contribution in [0.3, 0.4) is 0 Å². The van der Waals surface area contributed by atoms with Crippen LogP contribution in [0, 0.1) is 5.92 Å². The molecule has 0 bridgehead atoms. The minimum absolute atomic E-state index is 0.0295. The van der Waals surface area contributed by atoms with Crippen LogP contribution in [0.2, 0.25) is 0 Å². The fourth-order valence-corrected chi connectivity index (χ4v) is 5.20. The minimum Gasteiger partial charge on any atom is -0.354 e. The highest BCUT2D eigenvalue weighted by atomic mass is 32.2. The Morgan fingerprint density at radius 1 is 1.23 bits per heavy atom. The number of nitrogens with zero attached hydrogens (tertiary/aromatic N) is 1. The third-order valence-corrected chi connectivity index (χ3v) is 7.15. The van der Waals surface area contributed by atoms with Crippen LogP contribution in [0.25, 0.3) is 0 Å². The lowest BCUT2D eigenvalue weighted by Crippen LogP contribution is -2.48. The molecule has 0 spiro atoms. The van der Waals surface area contributed by atoms with Gasteiger partial charge in [-0.05, 0) is 69.2 Å². The van der Waals surface area contributed by atoms with Gasteiger partial charge in [0.1, 0.15) is 0 Å². The van der Waals surface area contributed by atoms with Crippen molar-refractivity contribution < 1.29 is 13.2 Å². The van der Waals surface area contributed by atoms with Crippen molar-refractivity contribution in [2.45, 2.75) is 56.4 Å². The predicted octanol–water partition coefficient (Wildman–Crippen LogP) is 1.43. The van der Waals surface area contributed by atoms with Crippen molar-refractivity contribution in [1.29, 1.82) is 0 Å². The zero-order valence-electron chi connectivity index (χ0n) is 15.6. The summed E-state index contributed by atoms with van der Waals surface area (Å²) in [6.45, 7) is 4.89. The Morgan fingerprint density at radius 3 is 2.54 bits per heavy atom. The molecule has 1 saturated heterocycles. The Kier molecular flexibility index (Phi) is 5.42. The molecule has 1 heterocycles. The molecule has 1 aliphatic heterocycles. The van der Waals surface area contributed by atoms with E-state index in [0.29, 0.717) is 37.4 Å². The number of nitrogens with one attached hydrogen (secondary N) is 1. The highest BCUT2D eigenvalue weighted by Crippen LogP contribution is 2.28. The molecule has 1 aromatic carbocycles. The van der Waals surface area contributed by atoms with Crippen molar-refractivity contribution in [3.05, 3.63) is 29.3 Å². The number of rotatable bonds is 5. The van der Waals surface area contributed by atoms with Crippen LogP contribution in [-0.2, 0) is 27.7 Å². The number of hydrogen-bond donors (Lipinski definition) is 2. The van der Waals surface area contributed by atoms with Crippen molar-refractivity contribution >= 4 is 15.9 Å². The molecular formula is C19H29N3O3S. The summed E-state index contributed by atoms with van der Waals surface area (Å²) in [5, 5.41) is 2.87. The molecule has 0 unspecified atom stereocenters. The number of fused-ring (bicyclic) bond motifs is 1. The van der Waals surface area contributed by atoms with Gasteiger partial charge in [0.25, 0.3) is 0 Å². The van der Waals surface area contributed by atoms with E-state index in [1.165, 1.54) is 9.87 Å². The van der Waals surface area contributed by atoms with Crippen molar-refractivity contribution in [1.82, 2.24) is 9.62 Å². The summed E-state index contributed by atoms with van der Waals surface area (Å²) in [7, 11) is -3.49. The standard InChI is InChI=1S/C19H29N3O3S/c1-19(2,20)13-21-18(23)15-8-10-22(11-9-15)26(24,25)17-7-6-14-4-3-5-16(14)12-17/h6-7,12,15H,3-5,8-11,13,20H2,1-2H3,(H,21,23). The van der Waals surface area contributed by atoms with Gasteiger partial charge in [0.15, 0.2) is 0 Å². The number of sulfonamides is 1. The first kappa shape index (κ1) is 19.3. The normalized spacial score (nSPS) is 19.3. The van der Waals surface area contributed by atoms with E-state index in [1.54, 1.807) is 6.07 Å². The van der Waals surface area contributed by atoms with E-state index >= 15 is 0 Å². The van der Waals surface area contributed by atoms with Crippen LogP contribution < -0.4 is 11.1 Å². The SMILES string of the molecule is CC(C)(N)CNC(=O)C1CCN(S(=O)(=O)c2ccc3c(c2)CCC3)CC1. The summed E-state index contributed by atoms with van der Waals surface area (Å²) >= 11 is 0. The van der Waals surface area contributed by atoms with Crippen molar-refractivity contribution in [2.75, 3.05) is 19.6 Å². The maximum atomic E-state index is 12.9. The number of aryl methyl sites for hydroxylation is 2. The number of hydrogen-bond acceptors (Lipinski definition) is 4. The predicted molar refractivity (Wildman–Crippen MR) is 101 cm³/mol. The zero-order valence-corrected chi connectivity index (χ0v) is 16.4. The fourth-order valence-electron chi connectivity index (χ4n) is 3.68. The van der Waals surface area contributed by atoms with Gasteiger partial charge in [-0.3, -0.25) is 4.79 Å². The molecule has 0 aromatic heterocycles. The van der Waals surface area contributed by atoms with Gasteiger partial charge in [-0.25, -0.2) is 8.42 Å². The maximum Gasteiger partial charge on any atom is 0.243 e. The van der Waals surface area contributed by atoms with Gasteiger partial charge in [-0.1, -0.05) is 6.07 Å². The summed E-state index contributed by atoms with van der Waals surface area (Å²) < 4.78 is 27.4.